The highest BCUT2D eigenvalue weighted by Crippen LogP contribution is 2.30. The standard InChI is InChI=1S/C20H17F3N2O2/c21-20(22,23)17-8-6-16(7-9-17)19(26)27-18(15-4-2-1-3-5-15)10-12-25-13-11-24-14-25/h1-9,11,13-14,18H,10,12H2. The first-order valence-electron chi connectivity index (χ1n) is 8.32. The molecule has 0 aliphatic carbocycles. The van der Waals surface area contributed by atoms with E-state index in [4.69, 9.17) is 4.74 Å². The Kier molecular flexibility index (Phi) is 5.59. The molecule has 3 aromatic rings. The molecule has 1 heterocycles. The summed E-state index contributed by atoms with van der Waals surface area (Å²) in [6.07, 6.45) is 0.668. The Labute approximate surface area is 154 Å². The number of alkyl halides is 3. The summed E-state index contributed by atoms with van der Waals surface area (Å²) < 4.78 is 45.4. The third-order valence-corrected chi connectivity index (χ3v) is 4.08. The van der Waals surface area contributed by atoms with Gasteiger partial charge in [0.2, 0.25) is 0 Å². The van der Waals surface area contributed by atoms with Crippen molar-refractivity contribution in [1.29, 1.82) is 0 Å². The highest BCUT2D eigenvalue weighted by molar-refractivity contribution is 5.89. The minimum Gasteiger partial charge on any atom is -0.454 e. The van der Waals surface area contributed by atoms with Gasteiger partial charge >= 0.3 is 12.1 Å². The lowest BCUT2D eigenvalue weighted by Gasteiger charge is -2.19. The molecule has 4 nitrogen and oxygen atoms in total. The van der Waals surface area contributed by atoms with E-state index in [2.05, 4.69) is 4.98 Å². The minimum absolute atomic E-state index is 0.0755. The quantitative estimate of drug-likeness (QED) is 0.577. The number of hydrogen-bond acceptors (Lipinski definition) is 3. The van der Waals surface area contributed by atoms with E-state index in [0.29, 0.717) is 13.0 Å². The molecular formula is C20H17F3N2O2. The minimum atomic E-state index is -4.44. The second-order valence-electron chi connectivity index (χ2n) is 5.97. The van der Waals surface area contributed by atoms with E-state index in [9.17, 15) is 18.0 Å². The number of carbonyl (C=O) groups is 1. The number of benzene rings is 2. The Morgan fingerprint density at radius 3 is 2.37 bits per heavy atom. The van der Waals surface area contributed by atoms with Gasteiger partial charge in [0.15, 0.2) is 0 Å². The summed E-state index contributed by atoms with van der Waals surface area (Å²) in [4.78, 5) is 16.4. The first-order chi connectivity index (χ1) is 12.9. The Morgan fingerprint density at radius 2 is 1.78 bits per heavy atom. The fourth-order valence-corrected chi connectivity index (χ4v) is 2.64. The van der Waals surface area contributed by atoms with E-state index in [1.54, 1.807) is 18.7 Å². The maximum Gasteiger partial charge on any atom is 0.416 e. The van der Waals surface area contributed by atoms with Crippen molar-refractivity contribution >= 4 is 5.97 Å². The van der Waals surface area contributed by atoms with Crippen molar-refractivity contribution in [2.24, 2.45) is 0 Å². The number of imidazole rings is 1. The lowest BCUT2D eigenvalue weighted by Crippen LogP contribution is -2.14. The third kappa shape index (κ3) is 4.97. The number of aryl methyl sites for hydroxylation is 1. The van der Waals surface area contributed by atoms with Gasteiger partial charge in [0.25, 0.3) is 0 Å². The van der Waals surface area contributed by atoms with Crippen LogP contribution in [0.25, 0.3) is 0 Å². The van der Waals surface area contributed by atoms with E-state index in [1.165, 1.54) is 0 Å². The number of rotatable bonds is 6. The Hall–Kier alpha value is -3.09. The van der Waals surface area contributed by atoms with Crippen molar-refractivity contribution < 1.29 is 22.7 Å². The van der Waals surface area contributed by atoms with Crippen molar-refractivity contribution in [2.75, 3.05) is 0 Å². The molecule has 3 rings (SSSR count). The summed E-state index contributed by atoms with van der Waals surface area (Å²) >= 11 is 0. The maximum absolute atomic E-state index is 12.7. The van der Waals surface area contributed by atoms with Crippen molar-refractivity contribution in [2.45, 2.75) is 25.2 Å². The van der Waals surface area contributed by atoms with Crippen molar-refractivity contribution in [3.63, 3.8) is 0 Å². The maximum atomic E-state index is 12.7. The fraction of sp³-hybridized carbons (Fsp3) is 0.200. The first kappa shape index (κ1) is 18.7. The highest BCUT2D eigenvalue weighted by Gasteiger charge is 2.30. The van der Waals surface area contributed by atoms with Gasteiger partial charge < -0.3 is 9.30 Å². The van der Waals surface area contributed by atoms with Gasteiger partial charge in [0.05, 0.1) is 17.5 Å². The van der Waals surface area contributed by atoms with Crippen molar-refractivity contribution in [3.05, 3.63) is 90.0 Å². The van der Waals surface area contributed by atoms with Crippen LogP contribution in [0.3, 0.4) is 0 Å². The first-order valence-corrected chi connectivity index (χ1v) is 8.32. The monoisotopic (exact) mass is 374 g/mol. The molecule has 0 saturated carbocycles. The molecule has 0 aliphatic rings. The average molecular weight is 374 g/mol. The van der Waals surface area contributed by atoms with Crippen LogP contribution in [0.1, 0.15) is 34.0 Å². The van der Waals surface area contributed by atoms with Crippen LogP contribution in [-0.2, 0) is 17.5 Å². The molecule has 1 atom stereocenters. The number of esters is 1. The summed E-state index contributed by atoms with van der Waals surface area (Å²) in [6.45, 7) is 0.583. The topological polar surface area (TPSA) is 44.1 Å². The lowest BCUT2D eigenvalue weighted by molar-refractivity contribution is -0.137. The summed E-state index contributed by atoms with van der Waals surface area (Å²) in [7, 11) is 0. The molecule has 0 bridgehead atoms. The van der Waals surface area contributed by atoms with Crippen molar-refractivity contribution in [1.82, 2.24) is 9.55 Å². The van der Waals surface area contributed by atoms with Gasteiger partial charge in [-0.25, -0.2) is 9.78 Å². The van der Waals surface area contributed by atoms with Crippen LogP contribution in [0.4, 0.5) is 13.2 Å². The van der Waals surface area contributed by atoms with Crippen LogP contribution < -0.4 is 0 Å². The van der Waals surface area contributed by atoms with Gasteiger partial charge in [0.1, 0.15) is 6.10 Å². The Morgan fingerprint density at radius 1 is 1.07 bits per heavy atom. The SMILES string of the molecule is O=C(OC(CCn1ccnc1)c1ccccc1)c1ccc(C(F)(F)F)cc1. The van der Waals surface area contributed by atoms with Crippen LogP contribution in [0.5, 0.6) is 0 Å². The summed E-state index contributed by atoms with van der Waals surface area (Å²) in [5.74, 6) is -0.664. The van der Waals surface area contributed by atoms with Crippen molar-refractivity contribution in [3.8, 4) is 0 Å². The predicted molar refractivity (Wildman–Crippen MR) is 92.9 cm³/mol. The van der Waals surface area contributed by atoms with E-state index in [1.807, 2.05) is 34.9 Å². The average Bonchev–Trinajstić information content (AvgIpc) is 3.18. The molecule has 140 valence electrons. The van der Waals surface area contributed by atoms with E-state index in [0.717, 1.165) is 29.8 Å². The molecule has 2 aromatic carbocycles. The molecule has 0 radical (unpaired) electrons. The van der Waals surface area contributed by atoms with E-state index < -0.39 is 23.8 Å². The second kappa shape index (κ2) is 8.07. The summed E-state index contributed by atoms with van der Waals surface area (Å²) in [5, 5.41) is 0. The summed E-state index contributed by atoms with van der Waals surface area (Å²) in [5.41, 5.74) is 0.0863. The third-order valence-electron chi connectivity index (χ3n) is 4.08. The molecule has 0 aliphatic heterocycles. The van der Waals surface area contributed by atoms with Gasteiger partial charge in [-0.15, -0.1) is 0 Å². The zero-order chi connectivity index (χ0) is 19.3. The normalized spacial score (nSPS) is 12.6. The molecule has 0 amide bonds. The largest absolute Gasteiger partial charge is 0.454 e. The molecule has 0 spiro atoms. The molecule has 1 aromatic heterocycles. The number of aromatic nitrogens is 2. The van der Waals surface area contributed by atoms with Gasteiger partial charge in [-0.3, -0.25) is 0 Å². The molecular weight excluding hydrogens is 357 g/mol. The molecule has 0 N–H and O–H groups in total. The second-order valence-corrected chi connectivity index (χ2v) is 5.97. The number of hydrogen-bond donors (Lipinski definition) is 0. The zero-order valence-electron chi connectivity index (χ0n) is 14.3. The van der Waals surface area contributed by atoms with Gasteiger partial charge in [-0.05, 0) is 29.8 Å². The number of halogens is 3. The molecule has 27 heavy (non-hydrogen) atoms. The fourth-order valence-electron chi connectivity index (χ4n) is 2.64. The zero-order valence-corrected chi connectivity index (χ0v) is 14.3. The summed E-state index contributed by atoms with van der Waals surface area (Å²) in [6, 6.07) is 13.2. The number of carbonyl (C=O) groups excluding carboxylic acids is 1. The Bertz CT molecular complexity index is 861. The van der Waals surface area contributed by atoms with E-state index >= 15 is 0 Å². The molecule has 0 saturated heterocycles. The number of nitrogens with zero attached hydrogens (tertiary/aromatic N) is 2. The number of ether oxygens (including phenoxy) is 1. The lowest BCUT2D eigenvalue weighted by atomic mass is 10.1. The Balaban J connectivity index is 1.73. The highest BCUT2D eigenvalue weighted by atomic mass is 19.4. The molecule has 0 fully saturated rings. The van der Waals surface area contributed by atoms with E-state index in [-0.39, 0.29) is 5.56 Å². The smallest absolute Gasteiger partial charge is 0.416 e. The molecule has 7 heteroatoms. The van der Waals surface area contributed by atoms with Crippen LogP contribution in [0.15, 0.2) is 73.3 Å². The van der Waals surface area contributed by atoms with Crippen LogP contribution in [-0.4, -0.2) is 15.5 Å². The van der Waals surface area contributed by atoms with Gasteiger partial charge in [0, 0.05) is 25.4 Å². The van der Waals surface area contributed by atoms with Crippen LogP contribution in [0, 0.1) is 0 Å². The van der Waals surface area contributed by atoms with Gasteiger partial charge in [-0.1, -0.05) is 30.3 Å². The predicted octanol–water partition coefficient (Wildman–Crippen LogP) is 4.89. The van der Waals surface area contributed by atoms with Crippen LogP contribution in [0.2, 0.25) is 0 Å². The molecule has 1 unspecified atom stereocenters. The van der Waals surface area contributed by atoms with Gasteiger partial charge in [-0.2, -0.15) is 13.2 Å². The van der Waals surface area contributed by atoms with Crippen LogP contribution >= 0.6 is 0 Å².